The van der Waals surface area contributed by atoms with Crippen LogP contribution >= 0.6 is 0 Å². The lowest BCUT2D eigenvalue weighted by Gasteiger charge is -2.62. The van der Waals surface area contributed by atoms with E-state index in [1.807, 2.05) is 6.20 Å². The maximum atomic E-state index is 12.1. The standard InChI is InChI=1S/C25H33NO/c1-16-13-18-14-19(27)8-10-24(18,2)22-9-11-25(3)20(6-7-21(25)23(16)22)17-5-4-12-26-15-17/h4-6,12,15-16,18,21-23H,7-11,13-14H2,1-3H3/t16-,18?,21-,22-,23-,24-,25+/m0/s1. The predicted molar refractivity (Wildman–Crippen MR) is 109 cm³/mol. The van der Waals surface area contributed by atoms with Gasteiger partial charge in [0.05, 0.1) is 0 Å². The van der Waals surface area contributed by atoms with Crippen LogP contribution in [-0.4, -0.2) is 10.8 Å². The summed E-state index contributed by atoms with van der Waals surface area (Å²) < 4.78 is 0. The summed E-state index contributed by atoms with van der Waals surface area (Å²) >= 11 is 0. The van der Waals surface area contributed by atoms with Crippen LogP contribution in [0.3, 0.4) is 0 Å². The van der Waals surface area contributed by atoms with Gasteiger partial charge < -0.3 is 0 Å². The molecule has 4 aliphatic rings. The molecule has 0 spiro atoms. The van der Waals surface area contributed by atoms with Crippen molar-refractivity contribution in [2.75, 3.05) is 0 Å². The van der Waals surface area contributed by atoms with Gasteiger partial charge in [-0.1, -0.05) is 32.9 Å². The van der Waals surface area contributed by atoms with Gasteiger partial charge in [0.2, 0.25) is 0 Å². The van der Waals surface area contributed by atoms with Crippen LogP contribution in [-0.2, 0) is 4.79 Å². The van der Waals surface area contributed by atoms with Gasteiger partial charge in [-0.3, -0.25) is 9.78 Å². The molecule has 0 saturated heterocycles. The van der Waals surface area contributed by atoms with Crippen molar-refractivity contribution in [1.29, 1.82) is 0 Å². The van der Waals surface area contributed by atoms with Crippen molar-refractivity contribution in [3.05, 3.63) is 36.2 Å². The molecule has 1 heterocycles. The molecule has 5 rings (SSSR count). The molecule has 4 aliphatic carbocycles. The molecule has 7 atom stereocenters. The Balaban J connectivity index is 1.49. The Hall–Kier alpha value is -1.44. The van der Waals surface area contributed by atoms with Crippen LogP contribution in [0.15, 0.2) is 30.6 Å². The minimum atomic E-state index is 0.298. The SMILES string of the molecule is C[C@H]1CC2CC(=O)CC[C@]2(C)[C@H]2CC[C@]3(C)C(c4cccnc4)=CC[C@H]3[C@H]12. The van der Waals surface area contributed by atoms with Crippen molar-refractivity contribution in [2.24, 2.45) is 40.4 Å². The van der Waals surface area contributed by atoms with E-state index >= 15 is 0 Å². The van der Waals surface area contributed by atoms with Crippen molar-refractivity contribution >= 4 is 11.4 Å². The normalized spacial score (nSPS) is 46.3. The fraction of sp³-hybridized carbons (Fsp3) is 0.680. The van der Waals surface area contributed by atoms with E-state index in [4.69, 9.17) is 0 Å². The van der Waals surface area contributed by atoms with Crippen molar-refractivity contribution in [1.82, 2.24) is 4.98 Å². The Morgan fingerprint density at radius 2 is 2.04 bits per heavy atom. The van der Waals surface area contributed by atoms with Crippen LogP contribution in [0, 0.1) is 40.4 Å². The van der Waals surface area contributed by atoms with E-state index in [9.17, 15) is 4.79 Å². The number of Topliss-reactive ketones (excluding diaryl/α,β-unsaturated/α-hetero) is 1. The summed E-state index contributed by atoms with van der Waals surface area (Å²) in [6.45, 7) is 7.57. The third-order valence-corrected chi connectivity index (χ3v) is 9.40. The first-order chi connectivity index (χ1) is 12.9. The highest BCUT2D eigenvalue weighted by atomic mass is 16.1. The van der Waals surface area contributed by atoms with Gasteiger partial charge in [0, 0.05) is 25.2 Å². The topological polar surface area (TPSA) is 30.0 Å². The number of rotatable bonds is 1. The molecule has 2 heteroatoms. The second kappa shape index (κ2) is 6.03. The average molecular weight is 364 g/mol. The molecule has 1 aromatic heterocycles. The molecule has 0 aromatic carbocycles. The quantitative estimate of drug-likeness (QED) is 0.619. The molecule has 0 N–H and O–H groups in total. The summed E-state index contributed by atoms with van der Waals surface area (Å²) in [5.41, 5.74) is 3.57. The summed E-state index contributed by atoms with van der Waals surface area (Å²) in [4.78, 5) is 16.5. The number of hydrogen-bond acceptors (Lipinski definition) is 2. The smallest absolute Gasteiger partial charge is 0.133 e. The van der Waals surface area contributed by atoms with E-state index in [0.29, 0.717) is 22.5 Å². The fourth-order valence-electron chi connectivity index (χ4n) is 7.97. The Labute approximate surface area is 163 Å². The molecule has 0 radical (unpaired) electrons. The zero-order valence-electron chi connectivity index (χ0n) is 17.1. The van der Waals surface area contributed by atoms with Crippen LogP contribution in [0.1, 0.15) is 71.3 Å². The maximum absolute atomic E-state index is 12.1. The second-order valence-electron chi connectivity index (χ2n) is 10.5. The first kappa shape index (κ1) is 17.6. The average Bonchev–Trinajstić information content (AvgIpc) is 3.01. The molecule has 2 nitrogen and oxygen atoms in total. The number of pyridine rings is 1. The van der Waals surface area contributed by atoms with Crippen molar-refractivity contribution in [3.63, 3.8) is 0 Å². The van der Waals surface area contributed by atoms with E-state index in [2.05, 4.69) is 50.2 Å². The predicted octanol–water partition coefficient (Wildman–Crippen LogP) is 5.93. The minimum absolute atomic E-state index is 0.298. The highest BCUT2D eigenvalue weighted by Crippen LogP contribution is 2.68. The monoisotopic (exact) mass is 363 g/mol. The van der Waals surface area contributed by atoms with Gasteiger partial charge >= 0.3 is 0 Å². The van der Waals surface area contributed by atoms with Gasteiger partial charge in [0.25, 0.3) is 0 Å². The Morgan fingerprint density at radius 3 is 2.81 bits per heavy atom. The highest BCUT2D eigenvalue weighted by molar-refractivity contribution is 5.79. The van der Waals surface area contributed by atoms with Crippen LogP contribution in [0.25, 0.3) is 5.57 Å². The number of carbonyl (C=O) groups is 1. The van der Waals surface area contributed by atoms with Gasteiger partial charge in [-0.2, -0.15) is 0 Å². The number of carbonyl (C=O) groups excluding carboxylic acids is 1. The largest absolute Gasteiger partial charge is 0.300 e. The highest BCUT2D eigenvalue weighted by Gasteiger charge is 2.60. The van der Waals surface area contributed by atoms with Gasteiger partial charge in [-0.25, -0.2) is 0 Å². The number of allylic oxidation sites excluding steroid dienone is 2. The Bertz CT molecular complexity index is 783. The molecular formula is C25H33NO. The maximum Gasteiger partial charge on any atom is 0.133 e. The van der Waals surface area contributed by atoms with Gasteiger partial charge in [-0.05, 0) is 89.7 Å². The van der Waals surface area contributed by atoms with E-state index in [1.54, 1.807) is 5.57 Å². The lowest BCUT2D eigenvalue weighted by molar-refractivity contribution is -0.144. The lowest BCUT2D eigenvalue weighted by atomic mass is 9.42. The molecule has 3 fully saturated rings. The molecule has 0 aliphatic heterocycles. The minimum Gasteiger partial charge on any atom is -0.300 e. The van der Waals surface area contributed by atoms with E-state index < -0.39 is 0 Å². The summed E-state index contributed by atoms with van der Waals surface area (Å²) in [5, 5.41) is 0. The van der Waals surface area contributed by atoms with Crippen molar-refractivity contribution in [2.45, 2.75) is 65.7 Å². The lowest BCUT2D eigenvalue weighted by Crippen LogP contribution is -2.55. The number of ketones is 1. The van der Waals surface area contributed by atoms with Gasteiger partial charge in [0.1, 0.15) is 5.78 Å². The van der Waals surface area contributed by atoms with E-state index in [-0.39, 0.29) is 0 Å². The second-order valence-corrected chi connectivity index (χ2v) is 10.5. The zero-order chi connectivity index (χ0) is 18.8. The number of hydrogen-bond donors (Lipinski definition) is 0. The van der Waals surface area contributed by atoms with Gasteiger partial charge in [0.15, 0.2) is 0 Å². The fourth-order valence-corrected chi connectivity index (χ4v) is 7.97. The van der Waals surface area contributed by atoms with Crippen LogP contribution < -0.4 is 0 Å². The first-order valence-electron chi connectivity index (χ1n) is 11.1. The number of nitrogens with zero attached hydrogens (tertiary/aromatic N) is 1. The number of aromatic nitrogens is 1. The first-order valence-corrected chi connectivity index (χ1v) is 11.1. The summed E-state index contributed by atoms with van der Waals surface area (Å²) in [7, 11) is 0. The molecule has 3 saturated carbocycles. The van der Waals surface area contributed by atoms with Crippen LogP contribution in [0.2, 0.25) is 0 Å². The molecule has 144 valence electrons. The number of fused-ring (bicyclic) bond motifs is 5. The molecule has 1 unspecified atom stereocenters. The van der Waals surface area contributed by atoms with Crippen LogP contribution in [0.5, 0.6) is 0 Å². The third-order valence-electron chi connectivity index (χ3n) is 9.40. The molecule has 0 amide bonds. The molecule has 1 aromatic rings. The molecule has 0 bridgehead atoms. The van der Waals surface area contributed by atoms with E-state index in [1.165, 1.54) is 31.2 Å². The van der Waals surface area contributed by atoms with Crippen LogP contribution in [0.4, 0.5) is 0 Å². The summed E-state index contributed by atoms with van der Waals surface area (Å²) in [6.07, 6.45) is 14.4. The summed E-state index contributed by atoms with van der Waals surface area (Å²) in [5.74, 6) is 4.27. The summed E-state index contributed by atoms with van der Waals surface area (Å²) in [6, 6.07) is 4.32. The van der Waals surface area contributed by atoms with Crippen molar-refractivity contribution in [3.8, 4) is 0 Å². The molecule has 27 heavy (non-hydrogen) atoms. The van der Waals surface area contributed by atoms with Crippen molar-refractivity contribution < 1.29 is 4.79 Å². The third kappa shape index (κ3) is 2.44. The zero-order valence-corrected chi connectivity index (χ0v) is 17.1. The van der Waals surface area contributed by atoms with Gasteiger partial charge in [-0.15, -0.1) is 0 Å². The Morgan fingerprint density at radius 1 is 1.19 bits per heavy atom. The molecular weight excluding hydrogens is 330 g/mol. The Kier molecular flexibility index (Phi) is 3.94. The van der Waals surface area contributed by atoms with E-state index in [0.717, 1.165) is 42.9 Å².